The van der Waals surface area contributed by atoms with Crippen molar-refractivity contribution < 1.29 is 18.0 Å². The molecule has 5 nitrogen and oxygen atoms in total. The summed E-state index contributed by atoms with van der Waals surface area (Å²) in [5, 5.41) is 11.0. The minimum atomic E-state index is -4.54. The van der Waals surface area contributed by atoms with Crippen LogP contribution in [-0.2, 0) is 19.1 Å². The van der Waals surface area contributed by atoms with Gasteiger partial charge in [0.2, 0.25) is 0 Å². The second-order valence-corrected chi connectivity index (χ2v) is 4.97. The first-order chi connectivity index (χ1) is 10.4. The third-order valence-corrected chi connectivity index (χ3v) is 3.52. The number of rotatable bonds is 3. The molecule has 0 spiro atoms. The molecule has 0 bridgehead atoms. The zero-order valence-corrected chi connectivity index (χ0v) is 11.4. The number of hydrogen-bond donors (Lipinski definition) is 3. The maximum atomic E-state index is 12.5. The van der Waals surface area contributed by atoms with Crippen LogP contribution in [0.15, 0.2) is 24.3 Å². The van der Waals surface area contributed by atoms with Gasteiger partial charge >= 0.3 is 6.18 Å². The molecule has 8 heteroatoms. The van der Waals surface area contributed by atoms with E-state index < -0.39 is 17.8 Å². The van der Waals surface area contributed by atoms with Crippen molar-refractivity contribution in [2.24, 2.45) is 0 Å². The third kappa shape index (κ3) is 2.76. The highest BCUT2D eigenvalue weighted by atomic mass is 19.4. The predicted octanol–water partition coefficient (Wildman–Crippen LogP) is 2.33. The molecular formula is C14H13F3N4O. The second kappa shape index (κ2) is 5.36. The highest BCUT2D eigenvalue weighted by molar-refractivity contribution is 5.92. The number of amides is 1. The predicted molar refractivity (Wildman–Crippen MR) is 73.4 cm³/mol. The molecule has 1 amide bonds. The highest BCUT2D eigenvalue weighted by Crippen LogP contribution is 2.28. The van der Waals surface area contributed by atoms with E-state index in [4.69, 9.17) is 0 Å². The average Bonchev–Trinajstić information content (AvgIpc) is 3.12. The van der Waals surface area contributed by atoms with Crippen LogP contribution in [-0.4, -0.2) is 22.6 Å². The number of fused-ring (bicyclic) bond motifs is 1. The van der Waals surface area contributed by atoms with Crippen LogP contribution in [0, 0.1) is 0 Å². The van der Waals surface area contributed by atoms with Gasteiger partial charge < -0.3 is 10.6 Å². The van der Waals surface area contributed by atoms with E-state index in [2.05, 4.69) is 15.7 Å². The first-order valence-electron chi connectivity index (χ1n) is 6.70. The number of aromatic nitrogens is 2. The van der Waals surface area contributed by atoms with Gasteiger partial charge in [0, 0.05) is 24.8 Å². The van der Waals surface area contributed by atoms with Crippen molar-refractivity contribution in [2.75, 3.05) is 11.9 Å². The Morgan fingerprint density at radius 1 is 1.36 bits per heavy atom. The Bertz CT molecular complexity index is 708. The molecule has 0 saturated heterocycles. The quantitative estimate of drug-likeness (QED) is 0.815. The average molecular weight is 310 g/mol. The van der Waals surface area contributed by atoms with Gasteiger partial charge in [-0.2, -0.15) is 18.3 Å². The van der Waals surface area contributed by atoms with Crippen molar-refractivity contribution >= 4 is 11.6 Å². The van der Waals surface area contributed by atoms with Gasteiger partial charge in [0.1, 0.15) is 5.69 Å². The standard InChI is InChI=1S/C14H13F3N4O/c15-14(16,17)12-6-11(20-21-12)13(22)19-7-8-2-1-3-10-9(8)4-5-18-10/h1-3,6,18H,4-5,7H2,(H,19,22)(H,20,21). The van der Waals surface area contributed by atoms with Crippen molar-refractivity contribution in [1.29, 1.82) is 0 Å². The van der Waals surface area contributed by atoms with E-state index >= 15 is 0 Å². The minimum absolute atomic E-state index is 0.248. The van der Waals surface area contributed by atoms with E-state index in [0.717, 1.165) is 29.8 Å². The number of benzene rings is 1. The van der Waals surface area contributed by atoms with Gasteiger partial charge in [-0.25, -0.2) is 0 Å². The number of carbonyl (C=O) groups is 1. The summed E-state index contributed by atoms with van der Waals surface area (Å²) in [5.41, 5.74) is 1.79. The van der Waals surface area contributed by atoms with Gasteiger partial charge in [0.05, 0.1) is 0 Å². The molecular weight excluding hydrogens is 297 g/mol. The summed E-state index contributed by atoms with van der Waals surface area (Å²) in [4.78, 5) is 11.9. The lowest BCUT2D eigenvalue weighted by Crippen LogP contribution is -2.23. The summed E-state index contributed by atoms with van der Waals surface area (Å²) in [6.07, 6.45) is -3.68. The lowest BCUT2D eigenvalue weighted by molar-refractivity contribution is -0.141. The lowest BCUT2D eigenvalue weighted by Gasteiger charge is -2.08. The maximum Gasteiger partial charge on any atom is 0.432 e. The highest BCUT2D eigenvalue weighted by Gasteiger charge is 2.33. The summed E-state index contributed by atoms with van der Waals surface area (Å²) in [6, 6.07) is 6.41. The van der Waals surface area contributed by atoms with E-state index in [1.165, 1.54) is 0 Å². The fraction of sp³-hybridized carbons (Fsp3) is 0.286. The zero-order valence-electron chi connectivity index (χ0n) is 11.4. The minimum Gasteiger partial charge on any atom is -0.384 e. The number of carbonyl (C=O) groups excluding carboxylic acids is 1. The zero-order chi connectivity index (χ0) is 15.7. The van der Waals surface area contributed by atoms with E-state index in [9.17, 15) is 18.0 Å². The summed E-state index contributed by atoms with van der Waals surface area (Å²) in [5.74, 6) is -0.643. The van der Waals surface area contributed by atoms with Crippen molar-refractivity contribution in [3.05, 3.63) is 46.8 Å². The molecule has 3 rings (SSSR count). The molecule has 0 atom stereocenters. The number of H-pyrrole nitrogens is 1. The maximum absolute atomic E-state index is 12.5. The summed E-state index contributed by atoms with van der Waals surface area (Å²) < 4.78 is 37.4. The van der Waals surface area contributed by atoms with Gasteiger partial charge in [0.15, 0.2) is 5.69 Å². The molecule has 3 N–H and O–H groups in total. The van der Waals surface area contributed by atoms with E-state index in [1.54, 1.807) is 0 Å². The van der Waals surface area contributed by atoms with Gasteiger partial charge in [-0.05, 0) is 23.6 Å². The number of hydrogen-bond acceptors (Lipinski definition) is 3. The van der Waals surface area contributed by atoms with Crippen molar-refractivity contribution in [3.63, 3.8) is 0 Å². The Morgan fingerprint density at radius 3 is 2.91 bits per heavy atom. The summed E-state index contributed by atoms with van der Waals surface area (Å²) in [7, 11) is 0. The first kappa shape index (κ1) is 14.4. The number of halogens is 3. The molecule has 1 aromatic heterocycles. The van der Waals surface area contributed by atoms with Gasteiger partial charge in [-0.1, -0.05) is 12.1 Å². The Balaban J connectivity index is 1.68. The Kier molecular flexibility index (Phi) is 3.51. The third-order valence-electron chi connectivity index (χ3n) is 3.52. The van der Waals surface area contributed by atoms with Crippen LogP contribution in [0.5, 0.6) is 0 Å². The van der Waals surface area contributed by atoms with Crippen LogP contribution >= 0.6 is 0 Å². The number of alkyl halides is 3. The lowest BCUT2D eigenvalue weighted by atomic mass is 10.1. The van der Waals surface area contributed by atoms with Crippen molar-refractivity contribution in [3.8, 4) is 0 Å². The fourth-order valence-electron chi connectivity index (χ4n) is 2.43. The first-order valence-corrected chi connectivity index (χ1v) is 6.70. The largest absolute Gasteiger partial charge is 0.432 e. The molecule has 1 aliphatic heterocycles. The van der Waals surface area contributed by atoms with E-state index in [-0.39, 0.29) is 12.2 Å². The molecule has 0 aliphatic carbocycles. The van der Waals surface area contributed by atoms with Crippen molar-refractivity contribution in [1.82, 2.24) is 15.5 Å². The Morgan fingerprint density at radius 2 is 2.18 bits per heavy atom. The molecule has 2 aromatic rings. The van der Waals surface area contributed by atoms with E-state index in [0.29, 0.717) is 6.07 Å². The molecule has 2 heterocycles. The Labute approximate surface area is 123 Å². The number of nitrogens with one attached hydrogen (secondary N) is 3. The molecule has 1 aromatic carbocycles. The smallest absolute Gasteiger partial charge is 0.384 e. The van der Waals surface area contributed by atoms with Crippen LogP contribution in [0.25, 0.3) is 0 Å². The summed E-state index contributed by atoms with van der Waals surface area (Å²) in [6.45, 7) is 1.09. The number of aromatic amines is 1. The van der Waals surface area contributed by atoms with Crippen LogP contribution < -0.4 is 10.6 Å². The molecule has 0 unspecified atom stereocenters. The SMILES string of the molecule is O=C(NCc1cccc2c1CCN2)c1cc(C(F)(F)F)[nH]n1. The fourth-order valence-corrected chi connectivity index (χ4v) is 2.43. The van der Waals surface area contributed by atoms with Gasteiger partial charge in [-0.3, -0.25) is 9.89 Å². The van der Waals surface area contributed by atoms with Crippen molar-refractivity contribution in [2.45, 2.75) is 19.1 Å². The normalized spacial score (nSPS) is 13.6. The van der Waals surface area contributed by atoms with Crippen LogP contribution in [0.1, 0.15) is 27.3 Å². The monoisotopic (exact) mass is 310 g/mol. The number of nitrogens with zero attached hydrogens (tertiary/aromatic N) is 1. The van der Waals surface area contributed by atoms with E-state index in [1.807, 2.05) is 23.3 Å². The molecule has 22 heavy (non-hydrogen) atoms. The number of anilines is 1. The summed E-state index contributed by atoms with van der Waals surface area (Å²) >= 11 is 0. The molecule has 0 radical (unpaired) electrons. The second-order valence-electron chi connectivity index (χ2n) is 4.97. The molecule has 0 fully saturated rings. The topological polar surface area (TPSA) is 69.8 Å². The van der Waals surface area contributed by atoms with Gasteiger partial charge in [-0.15, -0.1) is 0 Å². The molecule has 0 saturated carbocycles. The molecule has 1 aliphatic rings. The van der Waals surface area contributed by atoms with Gasteiger partial charge in [0.25, 0.3) is 5.91 Å². The van der Waals surface area contributed by atoms with Crippen LogP contribution in [0.4, 0.5) is 18.9 Å². The molecule has 116 valence electrons. The van der Waals surface area contributed by atoms with Crippen LogP contribution in [0.2, 0.25) is 0 Å². The van der Waals surface area contributed by atoms with Crippen LogP contribution in [0.3, 0.4) is 0 Å². The Hall–Kier alpha value is -2.51.